The van der Waals surface area contributed by atoms with Crippen LogP contribution in [0.3, 0.4) is 0 Å². The minimum atomic E-state index is -0.160. The molecule has 1 heterocycles. The average molecular weight is 196 g/mol. The van der Waals surface area contributed by atoms with Gasteiger partial charge in [0.25, 0.3) is 0 Å². The third-order valence-electron chi connectivity index (χ3n) is 2.87. The molecule has 3 nitrogen and oxygen atoms in total. The van der Waals surface area contributed by atoms with Crippen LogP contribution in [0.15, 0.2) is 12.2 Å². The van der Waals surface area contributed by atoms with E-state index in [-0.39, 0.29) is 11.3 Å². The van der Waals surface area contributed by atoms with Crippen LogP contribution < -0.4 is 10.6 Å². The molecule has 3 heteroatoms. The molecule has 0 aromatic heterocycles. The van der Waals surface area contributed by atoms with Gasteiger partial charge in [0.05, 0.1) is 0 Å². The summed E-state index contributed by atoms with van der Waals surface area (Å²) in [4.78, 5) is 11.8. The van der Waals surface area contributed by atoms with Gasteiger partial charge in [0.1, 0.15) is 0 Å². The van der Waals surface area contributed by atoms with Crippen LogP contribution in [0.4, 0.5) is 0 Å². The number of carbonyl (C=O) groups is 1. The van der Waals surface area contributed by atoms with Gasteiger partial charge in [-0.1, -0.05) is 19.1 Å². The zero-order valence-electron chi connectivity index (χ0n) is 9.10. The van der Waals surface area contributed by atoms with E-state index in [9.17, 15) is 4.79 Å². The molecule has 14 heavy (non-hydrogen) atoms. The van der Waals surface area contributed by atoms with Crippen LogP contribution in [-0.2, 0) is 4.79 Å². The third kappa shape index (κ3) is 2.84. The number of hydrogen-bond acceptors (Lipinski definition) is 2. The Kier molecular flexibility index (Phi) is 4.14. The highest BCUT2D eigenvalue weighted by molar-refractivity contribution is 5.82. The molecular formula is C11H20N2O. The van der Waals surface area contributed by atoms with Crippen molar-refractivity contribution in [2.24, 2.45) is 5.41 Å². The lowest BCUT2D eigenvalue weighted by molar-refractivity contribution is -0.131. The van der Waals surface area contributed by atoms with E-state index in [1.807, 2.05) is 19.1 Å². The Morgan fingerprint density at radius 3 is 2.71 bits per heavy atom. The Hall–Kier alpha value is -0.830. The van der Waals surface area contributed by atoms with Crippen molar-refractivity contribution >= 4 is 5.91 Å². The van der Waals surface area contributed by atoms with Crippen LogP contribution in [0.25, 0.3) is 0 Å². The van der Waals surface area contributed by atoms with Gasteiger partial charge in [-0.3, -0.25) is 4.79 Å². The van der Waals surface area contributed by atoms with Crippen LogP contribution in [0.5, 0.6) is 0 Å². The fourth-order valence-corrected chi connectivity index (χ4v) is 1.69. The highest BCUT2D eigenvalue weighted by Crippen LogP contribution is 2.27. The Labute approximate surface area is 86.0 Å². The maximum atomic E-state index is 11.8. The van der Waals surface area contributed by atoms with Gasteiger partial charge in [-0.15, -0.1) is 0 Å². The standard InChI is InChI=1S/C11H20N2O/c1-3-4-7-13-10(14)11(2)5-8-12-9-6-11/h3-4,12H,5-9H2,1-2H3,(H,13,14)/b4-3+. The summed E-state index contributed by atoms with van der Waals surface area (Å²) in [7, 11) is 0. The molecule has 1 aliphatic heterocycles. The van der Waals surface area contributed by atoms with Crippen LogP contribution in [-0.4, -0.2) is 25.5 Å². The molecule has 1 amide bonds. The summed E-state index contributed by atoms with van der Waals surface area (Å²) in [6, 6.07) is 0. The highest BCUT2D eigenvalue weighted by atomic mass is 16.2. The van der Waals surface area contributed by atoms with Crippen LogP contribution in [0.1, 0.15) is 26.7 Å². The predicted octanol–water partition coefficient (Wildman–Crippen LogP) is 1.07. The van der Waals surface area contributed by atoms with Crippen molar-refractivity contribution in [2.45, 2.75) is 26.7 Å². The molecule has 0 unspecified atom stereocenters. The Morgan fingerprint density at radius 1 is 1.50 bits per heavy atom. The summed E-state index contributed by atoms with van der Waals surface area (Å²) in [5, 5.41) is 6.21. The molecule has 0 radical (unpaired) electrons. The number of carbonyl (C=O) groups excluding carboxylic acids is 1. The summed E-state index contributed by atoms with van der Waals surface area (Å²) in [5.74, 6) is 0.192. The maximum absolute atomic E-state index is 11.8. The third-order valence-corrected chi connectivity index (χ3v) is 2.87. The molecule has 0 aromatic carbocycles. The number of hydrogen-bond donors (Lipinski definition) is 2. The number of allylic oxidation sites excluding steroid dienone is 1. The molecular weight excluding hydrogens is 176 g/mol. The highest BCUT2D eigenvalue weighted by Gasteiger charge is 2.33. The first-order valence-corrected chi connectivity index (χ1v) is 5.29. The van der Waals surface area contributed by atoms with E-state index in [4.69, 9.17) is 0 Å². The molecule has 1 fully saturated rings. The van der Waals surface area contributed by atoms with E-state index >= 15 is 0 Å². The fourth-order valence-electron chi connectivity index (χ4n) is 1.69. The van der Waals surface area contributed by atoms with Crippen molar-refractivity contribution in [3.05, 3.63) is 12.2 Å². The van der Waals surface area contributed by atoms with E-state index in [1.165, 1.54) is 0 Å². The van der Waals surface area contributed by atoms with Crippen molar-refractivity contribution in [1.29, 1.82) is 0 Å². The minimum absolute atomic E-state index is 0.160. The number of piperidine rings is 1. The molecule has 0 bridgehead atoms. The van der Waals surface area contributed by atoms with Crippen molar-refractivity contribution in [3.8, 4) is 0 Å². The molecule has 80 valence electrons. The lowest BCUT2D eigenvalue weighted by Gasteiger charge is -2.32. The fraction of sp³-hybridized carbons (Fsp3) is 0.727. The van der Waals surface area contributed by atoms with Gasteiger partial charge in [-0.2, -0.15) is 0 Å². The van der Waals surface area contributed by atoms with E-state index in [2.05, 4.69) is 17.6 Å². The van der Waals surface area contributed by atoms with E-state index < -0.39 is 0 Å². The second kappa shape index (κ2) is 5.15. The lowest BCUT2D eigenvalue weighted by atomic mass is 9.80. The van der Waals surface area contributed by atoms with Gasteiger partial charge in [0, 0.05) is 12.0 Å². The second-order valence-electron chi connectivity index (χ2n) is 4.09. The molecule has 0 aromatic rings. The molecule has 0 aliphatic carbocycles. The van der Waals surface area contributed by atoms with Crippen molar-refractivity contribution < 1.29 is 4.79 Å². The summed E-state index contributed by atoms with van der Waals surface area (Å²) < 4.78 is 0. The topological polar surface area (TPSA) is 41.1 Å². The quantitative estimate of drug-likeness (QED) is 0.663. The number of rotatable bonds is 3. The van der Waals surface area contributed by atoms with Crippen molar-refractivity contribution in [1.82, 2.24) is 10.6 Å². The monoisotopic (exact) mass is 196 g/mol. The zero-order chi connectivity index (χ0) is 10.4. The van der Waals surface area contributed by atoms with Crippen LogP contribution in [0.2, 0.25) is 0 Å². The van der Waals surface area contributed by atoms with E-state index in [0.717, 1.165) is 25.9 Å². The number of nitrogens with one attached hydrogen (secondary N) is 2. The molecule has 1 aliphatic rings. The smallest absolute Gasteiger partial charge is 0.226 e. The average Bonchev–Trinajstić information content (AvgIpc) is 2.19. The zero-order valence-corrected chi connectivity index (χ0v) is 9.10. The van der Waals surface area contributed by atoms with Gasteiger partial charge in [-0.05, 0) is 32.9 Å². The lowest BCUT2D eigenvalue weighted by Crippen LogP contribution is -2.45. The molecule has 0 atom stereocenters. The largest absolute Gasteiger partial charge is 0.352 e. The second-order valence-corrected chi connectivity index (χ2v) is 4.09. The van der Waals surface area contributed by atoms with Gasteiger partial charge in [-0.25, -0.2) is 0 Å². The summed E-state index contributed by atoms with van der Waals surface area (Å²) in [5.41, 5.74) is -0.160. The first kappa shape index (κ1) is 11.2. The molecule has 0 spiro atoms. The number of amides is 1. The molecule has 0 saturated carbocycles. The van der Waals surface area contributed by atoms with Crippen molar-refractivity contribution in [2.75, 3.05) is 19.6 Å². The van der Waals surface area contributed by atoms with Gasteiger partial charge >= 0.3 is 0 Å². The van der Waals surface area contributed by atoms with Crippen LogP contribution in [0, 0.1) is 5.41 Å². The van der Waals surface area contributed by atoms with Crippen molar-refractivity contribution in [3.63, 3.8) is 0 Å². The predicted molar refractivity (Wildman–Crippen MR) is 58.0 cm³/mol. The van der Waals surface area contributed by atoms with Crippen LogP contribution >= 0.6 is 0 Å². The summed E-state index contributed by atoms with van der Waals surface area (Å²) in [6.07, 6.45) is 5.79. The normalized spacial score (nSPS) is 21.0. The molecule has 1 saturated heterocycles. The van der Waals surface area contributed by atoms with Gasteiger partial charge < -0.3 is 10.6 Å². The maximum Gasteiger partial charge on any atom is 0.226 e. The van der Waals surface area contributed by atoms with E-state index in [0.29, 0.717) is 6.54 Å². The first-order valence-electron chi connectivity index (χ1n) is 5.29. The Bertz CT molecular complexity index is 217. The SMILES string of the molecule is C/C=C/CNC(=O)C1(C)CCNCC1. The molecule has 2 N–H and O–H groups in total. The Balaban J connectivity index is 2.40. The summed E-state index contributed by atoms with van der Waals surface area (Å²) >= 11 is 0. The summed E-state index contributed by atoms with van der Waals surface area (Å²) in [6.45, 7) is 6.57. The Morgan fingerprint density at radius 2 is 2.14 bits per heavy atom. The minimum Gasteiger partial charge on any atom is -0.352 e. The van der Waals surface area contributed by atoms with Gasteiger partial charge in [0.2, 0.25) is 5.91 Å². The van der Waals surface area contributed by atoms with E-state index in [1.54, 1.807) is 0 Å². The van der Waals surface area contributed by atoms with Gasteiger partial charge in [0.15, 0.2) is 0 Å². The molecule has 1 rings (SSSR count). The first-order chi connectivity index (χ1) is 6.69.